The Bertz CT molecular complexity index is 1360. The number of alkyl halides is 3. The lowest BCUT2D eigenvalue weighted by Gasteiger charge is -2.13. The van der Waals surface area contributed by atoms with Gasteiger partial charge in [-0.3, -0.25) is 0 Å². The number of aliphatic carboxylic acids is 1. The SMILES string of the molecule is CNS(=O)(=O)c1ccc(OC)c(Nc2cc(Nc3ccc(OC)c(Cl)c3)ncn2)c1.O=C(O)C(F)(F)F. The highest BCUT2D eigenvalue weighted by Crippen LogP contribution is 2.31. The summed E-state index contributed by atoms with van der Waals surface area (Å²) in [4.78, 5) is 17.4. The van der Waals surface area contributed by atoms with Gasteiger partial charge in [0, 0.05) is 11.8 Å². The van der Waals surface area contributed by atoms with Crippen LogP contribution < -0.4 is 24.8 Å². The number of methoxy groups -OCH3 is 2. The van der Waals surface area contributed by atoms with Gasteiger partial charge >= 0.3 is 12.1 Å². The highest BCUT2D eigenvalue weighted by Gasteiger charge is 2.38. The van der Waals surface area contributed by atoms with E-state index in [9.17, 15) is 21.6 Å². The van der Waals surface area contributed by atoms with Gasteiger partial charge < -0.3 is 25.2 Å². The minimum absolute atomic E-state index is 0.0913. The summed E-state index contributed by atoms with van der Waals surface area (Å²) in [5.41, 5.74) is 1.15. The van der Waals surface area contributed by atoms with Crippen LogP contribution in [-0.4, -0.2) is 56.9 Å². The molecule has 2 aromatic carbocycles. The molecule has 0 bridgehead atoms. The van der Waals surface area contributed by atoms with E-state index in [4.69, 9.17) is 31.0 Å². The number of sulfonamides is 1. The maximum atomic E-state index is 12.1. The molecule has 0 aliphatic heterocycles. The van der Waals surface area contributed by atoms with E-state index in [1.165, 1.54) is 32.6 Å². The molecule has 3 rings (SSSR count). The fourth-order valence-corrected chi connectivity index (χ4v) is 3.61. The third-order valence-corrected chi connectivity index (χ3v) is 6.05. The number of carboxylic acids is 1. The van der Waals surface area contributed by atoms with Gasteiger partial charge in [-0.2, -0.15) is 13.2 Å². The Hall–Kier alpha value is -3.82. The number of ether oxygens (including phenoxy) is 2. The molecule has 0 amide bonds. The molecule has 0 saturated carbocycles. The van der Waals surface area contributed by atoms with Crippen LogP contribution >= 0.6 is 11.6 Å². The number of carboxylic acid groups (broad SMARTS) is 1. The second kappa shape index (κ2) is 12.4. The van der Waals surface area contributed by atoms with Crippen molar-refractivity contribution in [1.29, 1.82) is 0 Å². The summed E-state index contributed by atoms with van der Waals surface area (Å²) in [6.07, 6.45) is -3.71. The van der Waals surface area contributed by atoms with E-state index in [1.54, 1.807) is 37.4 Å². The standard InChI is InChI=1S/C19H20ClN5O4S.C2HF3O2/c1-21-30(26,27)13-5-7-17(29-3)15(9-13)25-19-10-18(22-11-23-19)24-12-4-6-16(28-2)14(20)8-12;3-2(4,5)1(6)7/h4-11,21H,1-3H3,(H2,22,23,24,25);(H,6,7). The largest absolute Gasteiger partial charge is 0.495 e. The quantitative estimate of drug-likeness (QED) is 0.314. The van der Waals surface area contributed by atoms with Crippen LogP contribution in [0.5, 0.6) is 11.5 Å². The summed E-state index contributed by atoms with van der Waals surface area (Å²) in [6, 6.07) is 11.4. The van der Waals surface area contributed by atoms with Gasteiger partial charge in [-0.25, -0.2) is 27.9 Å². The van der Waals surface area contributed by atoms with Gasteiger partial charge in [0.05, 0.1) is 29.8 Å². The monoisotopic (exact) mass is 563 g/mol. The Morgan fingerprint density at radius 2 is 1.54 bits per heavy atom. The molecular weight excluding hydrogens is 543 g/mol. The minimum Gasteiger partial charge on any atom is -0.495 e. The van der Waals surface area contributed by atoms with Crippen molar-refractivity contribution in [2.24, 2.45) is 0 Å². The topological polar surface area (TPSA) is 152 Å². The highest BCUT2D eigenvalue weighted by molar-refractivity contribution is 7.89. The van der Waals surface area contributed by atoms with Gasteiger partial charge in [-0.05, 0) is 43.4 Å². The van der Waals surface area contributed by atoms with E-state index in [0.717, 1.165) is 0 Å². The Labute approximate surface area is 214 Å². The van der Waals surface area contributed by atoms with Crippen molar-refractivity contribution in [2.75, 3.05) is 31.9 Å². The smallest absolute Gasteiger partial charge is 0.490 e. The molecule has 0 aliphatic carbocycles. The third-order valence-electron chi connectivity index (χ3n) is 4.35. The molecule has 0 fully saturated rings. The number of anilines is 4. The first-order valence-electron chi connectivity index (χ1n) is 9.92. The van der Waals surface area contributed by atoms with Crippen molar-refractivity contribution in [2.45, 2.75) is 11.1 Å². The van der Waals surface area contributed by atoms with E-state index in [-0.39, 0.29) is 4.90 Å². The lowest BCUT2D eigenvalue weighted by atomic mass is 10.3. The zero-order valence-corrected chi connectivity index (χ0v) is 21.0. The zero-order valence-electron chi connectivity index (χ0n) is 19.4. The van der Waals surface area contributed by atoms with E-state index in [1.807, 2.05) is 0 Å². The maximum absolute atomic E-state index is 12.1. The Morgan fingerprint density at radius 3 is 2.05 bits per heavy atom. The first-order chi connectivity index (χ1) is 17.3. The predicted octanol–water partition coefficient (Wildman–Crippen LogP) is 4.18. The number of rotatable bonds is 8. The molecule has 0 aliphatic rings. The maximum Gasteiger partial charge on any atom is 0.490 e. The molecule has 37 heavy (non-hydrogen) atoms. The summed E-state index contributed by atoms with van der Waals surface area (Å²) in [5, 5.41) is 13.8. The van der Waals surface area contributed by atoms with Crippen LogP contribution in [0.15, 0.2) is 53.7 Å². The van der Waals surface area contributed by atoms with Crippen molar-refractivity contribution in [3.05, 3.63) is 53.8 Å². The Balaban J connectivity index is 0.000000604. The molecule has 16 heteroatoms. The molecule has 11 nitrogen and oxygen atoms in total. The zero-order chi connectivity index (χ0) is 27.8. The van der Waals surface area contributed by atoms with Crippen LogP contribution in [0, 0.1) is 0 Å². The Kier molecular flexibility index (Phi) is 9.88. The summed E-state index contributed by atoms with van der Waals surface area (Å²) in [6.45, 7) is 0. The van der Waals surface area contributed by atoms with Crippen LogP contribution in [-0.2, 0) is 14.8 Å². The van der Waals surface area contributed by atoms with Crippen molar-refractivity contribution in [3.8, 4) is 11.5 Å². The number of carbonyl (C=O) groups is 1. The summed E-state index contributed by atoms with van der Waals surface area (Å²) in [7, 11) is 0.774. The molecule has 0 radical (unpaired) electrons. The summed E-state index contributed by atoms with van der Waals surface area (Å²) >= 11 is 6.15. The first kappa shape index (κ1) is 29.4. The van der Waals surface area contributed by atoms with Crippen molar-refractivity contribution in [3.63, 3.8) is 0 Å². The molecule has 3 aromatic rings. The lowest BCUT2D eigenvalue weighted by Crippen LogP contribution is -2.21. The second-order valence-electron chi connectivity index (χ2n) is 6.76. The molecule has 1 aromatic heterocycles. The Morgan fingerprint density at radius 1 is 0.973 bits per heavy atom. The van der Waals surface area contributed by atoms with E-state index in [2.05, 4.69) is 25.3 Å². The van der Waals surface area contributed by atoms with Crippen LogP contribution in [0.25, 0.3) is 0 Å². The van der Waals surface area contributed by atoms with Crippen molar-refractivity contribution < 1.29 is 41.0 Å². The minimum atomic E-state index is -5.08. The number of halogens is 4. The van der Waals surface area contributed by atoms with Gasteiger partial charge in [0.1, 0.15) is 29.5 Å². The normalized spacial score (nSPS) is 11.1. The van der Waals surface area contributed by atoms with E-state index >= 15 is 0 Å². The summed E-state index contributed by atoms with van der Waals surface area (Å²) < 4.78 is 68.7. The molecule has 0 atom stereocenters. The average Bonchev–Trinajstić information content (AvgIpc) is 2.84. The van der Waals surface area contributed by atoms with Crippen molar-refractivity contribution >= 4 is 50.6 Å². The molecule has 0 unspecified atom stereocenters. The fraction of sp³-hybridized carbons (Fsp3) is 0.190. The number of hydrogen-bond donors (Lipinski definition) is 4. The van der Waals surface area contributed by atoms with Crippen molar-refractivity contribution in [1.82, 2.24) is 14.7 Å². The third kappa shape index (κ3) is 8.37. The molecule has 4 N–H and O–H groups in total. The van der Waals surface area contributed by atoms with Gasteiger partial charge in [-0.15, -0.1) is 0 Å². The molecular formula is C21H21ClF3N5O6S. The number of benzene rings is 2. The van der Waals surface area contributed by atoms with Crippen LogP contribution in [0.2, 0.25) is 5.02 Å². The van der Waals surface area contributed by atoms with E-state index < -0.39 is 22.2 Å². The molecule has 1 heterocycles. The van der Waals surface area contributed by atoms with Gasteiger partial charge in [0.2, 0.25) is 10.0 Å². The summed E-state index contributed by atoms with van der Waals surface area (Å²) in [5.74, 6) is -0.792. The number of aromatic nitrogens is 2. The average molecular weight is 564 g/mol. The van der Waals surface area contributed by atoms with Crippen LogP contribution in [0.3, 0.4) is 0 Å². The number of nitrogens with one attached hydrogen (secondary N) is 3. The van der Waals surface area contributed by atoms with Gasteiger partial charge in [-0.1, -0.05) is 11.6 Å². The first-order valence-corrected chi connectivity index (χ1v) is 11.8. The van der Waals surface area contributed by atoms with E-state index in [0.29, 0.717) is 39.5 Å². The lowest BCUT2D eigenvalue weighted by molar-refractivity contribution is -0.192. The second-order valence-corrected chi connectivity index (χ2v) is 9.05. The highest BCUT2D eigenvalue weighted by atomic mass is 35.5. The van der Waals surface area contributed by atoms with Crippen LogP contribution in [0.1, 0.15) is 0 Å². The molecule has 200 valence electrons. The van der Waals surface area contributed by atoms with Gasteiger partial charge in [0.25, 0.3) is 0 Å². The number of nitrogens with zero attached hydrogens (tertiary/aromatic N) is 2. The fourth-order valence-electron chi connectivity index (χ4n) is 2.59. The van der Waals surface area contributed by atoms with Crippen LogP contribution in [0.4, 0.5) is 36.2 Å². The molecule has 0 spiro atoms. The number of hydrogen-bond acceptors (Lipinski definition) is 9. The molecule has 0 saturated heterocycles. The van der Waals surface area contributed by atoms with Gasteiger partial charge in [0.15, 0.2) is 0 Å². The predicted molar refractivity (Wildman–Crippen MR) is 130 cm³/mol.